The molecule has 0 aliphatic heterocycles. The fraction of sp³-hybridized carbons (Fsp3) is 0.235. The number of ether oxygens (including phenoxy) is 1. The lowest BCUT2D eigenvalue weighted by molar-refractivity contribution is 0.482. The lowest BCUT2D eigenvalue weighted by Gasteiger charge is -2.05. The molecule has 0 amide bonds. The van der Waals surface area contributed by atoms with Gasteiger partial charge in [-0.25, -0.2) is 0 Å². The maximum absolute atomic E-state index is 5.78. The maximum atomic E-state index is 5.78. The van der Waals surface area contributed by atoms with Gasteiger partial charge in [-0.1, -0.05) is 44.2 Å². The Hall–Kier alpha value is -2.09. The standard InChI is InChI=1S/C17H19NO/c1-14(2)12-18-13-15-7-6-10-17(11-15)19-16-8-4-3-5-9-16/h3-11,13-14H,12H2,1-2H3/b18-13+. The summed E-state index contributed by atoms with van der Waals surface area (Å²) in [5.74, 6) is 2.26. The first kappa shape index (κ1) is 13.3. The topological polar surface area (TPSA) is 21.6 Å². The Balaban J connectivity index is 2.05. The molecule has 0 aromatic heterocycles. The SMILES string of the molecule is CC(C)C/N=C/c1cccc(Oc2ccccc2)c1. The van der Waals surface area contributed by atoms with Gasteiger partial charge in [0.2, 0.25) is 0 Å². The number of para-hydroxylation sites is 1. The monoisotopic (exact) mass is 253 g/mol. The number of hydrogen-bond acceptors (Lipinski definition) is 2. The summed E-state index contributed by atoms with van der Waals surface area (Å²) in [5, 5.41) is 0. The Bertz CT molecular complexity index is 532. The van der Waals surface area contributed by atoms with Crippen LogP contribution in [0.2, 0.25) is 0 Å². The molecule has 0 radical (unpaired) electrons. The number of aliphatic imine (C=N–C) groups is 1. The second-order valence-corrected chi connectivity index (χ2v) is 4.88. The first-order valence-electron chi connectivity index (χ1n) is 6.57. The summed E-state index contributed by atoms with van der Waals surface area (Å²) in [7, 11) is 0. The van der Waals surface area contributed by atoms with Gasteiger partial charge < -0.3 is 4.74 Å². The van der Waals surface area contributed by atoms with E-state index in [1.807, 2.05) is 60.8 Å². The molecule has 0 atom stereocenters. The van der Waals surface area contributed by atoms with Gasteiger partial charge in [-0.3, -0.25) is 4.99 Å². The van der Waals surface area contributed by atoms with E-state index in [1.54, 1.807) is 0 Å². The van der Waals surface area contributed by atoms with Crippen LogP contribution in [0.15, 0.2) is 59.6 Å². The van der Waals surface area contributed by atoms with E-state index in [4.69, 9.17) is 4.74 Å². The molecule has 0 spiro atoms. The van der Waals surface area contributed by atoms with Crippen LogP contribution in [0.25, 0.3) is 0 Å². The molecule has 0 saturated heterocycles. The van der Waals surface area contributed by atoms with Crippen LogP contribution in [0.4, 0.5) is 0 Å². The van der Waals surface area contributed by atoms with E-state index in [0.717, 1.165) is 23.6 Å². The predicted molar refractivity (Wildman–Crippen MR) is 80.3 cm³/mol. The Kier molecular flexibility index (Phi) is 4.73. The highest BCUT2D eigenvalue weighted by atomic mass is 16.5. The van der Waals surface area contributed by atoms with Crippen LogP contribution < -0.4 is 4.74 Å². The maximum Gasteiger partial charge on any atom is 0.128 e. The smallest absolute Gasteiger partial charge is 0.128 e. The summed E-state index contributed by atoms with van der Waals surface area (Å²) in [6.45, 7) is 5.17. The Morgan fingerprint density at radius 3 is 2.47 bits per heavy atom. The summed E-state index contributed by atoms with van der Waals surface area (Å²) in [6, 6.07) is 17.7. The molecule has 0 aliphatic carbocycles. The van der Waals surface area contributed by atoms with Crippen LogP contribution in [0.5, 0.6) is 11.5 Å². The molecule has 0 fully saturated rings. The van der Waals surface area contributed by atoms with E-state index >= 15 is 0 Å². The third-order valence-electron chi connectivity index (χ3n) is 2.55. The van der Waals surface area contributed by atoms with Crippen LogP contribution in [-0.2, 0) is 0 Å². The van der Waals surface area contributed by atoms with Gasteiger partial charge in [-0.2, -0.15) is 0 Å². The van der Waals surface area contributed by atoms with Crippen molar-refractivity contribution in [3.63, 3.8) is 0 Å². The summed E-state index contributed by atoms with van der Waals surface area (Å²) < 4.78 is 5.78. The first-order valence-corrected chi connectivity index (χ1v) is 6.57. The molecular weight excluding hydrogens is 234 g/mol. The molecule has 98 valence electrons. The number of hydrogen-bond donors (Lipinski definition) is 0. The second-order valence-electron chi connectivity index (χ2n) is 4.88. The Morgan fingerprint density at radius 2 is 1.74 bits per heavy atom. The molecule has 0 unspecified atom stereocenters. The fourth-order valence-electron chi connectivity index (χ4n) is 1.65. The lowest BCUT2D eigenvalue weighted by atomic mass is 10.2. The molecule has 2 heteroatoms. The van der Waals surface area contributed by atoms with Crippen molar-refractivity contribution in [1.29, 1.82) is 0 Å². The molecule has 19 heavy (non-hydrogen) atoms. The average molecular weight is 253 g/mol. The first-order chi connectivity index (χ1) is 9.24. The van der Waals surface area contributed by atoms with Crippen molar-refractivity contribution in [3.05, 3.63) is 60.2 Å². The quantitative estimate of drug-likeness (QED) is 0.716. The van der Waals surface area contributed by atoms with Crippen LogP contribution in [0.1, 0.15) is 19.4 Å². The van der Waals surface area contributed by atoms with E-state index in [-0.39, 0.29) is 0 Å². The third kappa shape index (κ3) is 4.59. The van der Waals surface area contributed by atoms with E-state index in [0.29, 0.717) is 5.92 Å². The molecule has 0 aliphatic rings. The van der Waals surface area contributed by atoms with Crippen LogP contribution >= 0.6 is 0 Å². The Morgan fingerprint density at radius 1 is 1.00 bits per heavy atom. The number of rotatable bonds is 5. The van der Waals surface area contributed by atoms with E-state index < -0.39 is 0 Å². The van der Waals surface area contributed by atoms with Crippen molar-refractivity contribution >= 4 is 6.21 Å². The zero-order valence-electron chi connectivity index (χ0n) is 11.4. The lowest BCUT2D eigenvalue weighted by Crippen LogP contribution is -1.93. The highest BCUT2D eigenvalue weighted by Crippen LogP contribution is 2.21. The van der Waals surface area contributed by atoms with E-state index in [1.165, 1.54) is 0 Å². The normalized spacial score (nSPS) is 11.1. The highest BCUT2D eigenvalue weighted by Gasteiger charge is 1.97. The van der Waals surface area contributed by atoms with Crippen molar-refractivity contribution in [2.45, 2.75) is 13.8 Å². The summed E-state index contributed by atoms with van der Waals surface area (Å²) in [6.07, 6.45) is 1.90. The van der Waals surface area contributed by atoms with Crippen LogP contribution in [-0.4, -0.2) is 12.8 Å². The predicted octanol–water partition coefficient (Wildman–Crippen LogP) is 4.55. The van der Waals surface area contributed by atoms with E-state index in [9.17, 15) is 0 Å². The van der Waals surface area contributed by atoms with Crippen molar-refractivity contribution in [2.24, 2.45) is 10.9 Å². The van der Waals surface area contributed by atoms with Crippen molar-refractivity contribution in [2.75, 3.05) is 6.54 Å². The molecule has 0 heterocycles. The van der Waals surface area contributed by atoms with E-state index in [2.05, 4.69) is 18.8 Å². The van der Waals surface area contributed by atoms with Crippen molar-refractivity contribution in [1.82, 2.24) is 0 Å². The minimum atomic E-state index is 0.583. The largest absolute Gasteiger partial charge is 0.457 e. The molecular formula is C17H19NO. The zero-order chi connectivity index (χ0) is 13.5. The molecule has 0 bridgehead atoms. The zero-order valence-corrected chi connectivity index (χ0v) is 11.4. The van der Waals surface area contributed by atoms with Gasteiger partial charge in [0.25, 0.3) is 0 Å². The highest BCUT2D eigenvalue weighted by molar-refractivity contribution is 5.80. The van der Waals surface area contributed by atoms with Crippen molar-refractivity contribution < 1.29 is 4.74 Å². The minimum absolute atomic E-state index is 0.583. The van der Waals surface area contributed by atoms with Gasteiger partial charge in [0.15, 0.2) is 0 Å². The molecule has 2 aromatic carbocycles. The van der Waals surface area contributed by atoms with Gasteiger partial charge >= 0.3 is 0 Å². The van der Waals surface area contributed by atoms with Crippen molar-refractivity contribution in [3.8, 4) is 11.5 Å². The number of nitrogens with zero attached hydrogens (tertiary/aromatic N) is 1. The molecule has 2 rings (SSSR count). The average Bonchev–Trinajstić information content (AvgIpc) is 2.40. The Labute approximate surface area is 114 Å². The van der Waals surface area contributed by atoms with Gasteiger partial charge in [0, 0.05) is 12.8 Å². The summed E-state index contributed by atoms with van der Waals surface area (Å²) in [4.78, 5) is 4.41. The van der Waals surface area contributed by atoms with Crippen LogP contribution in [0.3, 0.4) is 0 Å². The molecule has 2 nitrogen and oxygen atoms in total. The molecule has 0 N–H and O–H groups in total. The fourth-order valence-corrected chi connectivity index (χ4v) is 1.65. The third-order valence-corrected chi connectivity index (χ3v) is 2.55. The van der Waals surface area contributed by atoms with Gasteiger partial charge in [-0.05, 0) is 35.7 Å². The number of benzene rings is 2. The minimum Gasteiger partial charge on any atom is -0.457 e. The molecule has 0 saturated carbocycles. The van der Waals surface area contributed by atoms with Gasteiger partial charge in [-0.15, -0.1) is 0 Å². The molecule has 2 aromatic rings. The van der Waals surface area contributed by atoms with Crippen LogP contribution in [0, 0.1) is 5.92 Å². The second kappa shape index (κ2) is 6.74. The van der Waals surface area contributed by atoms with Gasteiger partial charge in [0.1, 0.15) is 11.5 Å². The summed E-state index contributed by atoms with van der Waals surface area (Å²) >= 11 is 0. The van der Waals surface area contributed by atoms with Gasteiger partial charge in [0.05, 0.1) is 0 Å². The summed E-state index contributed by atoms with van der Waals surface area (Å²) in [5.41, 5.74) is 1.06.